The molecular formula is C28H44O3. The van der Waals surface area contributed by atoms with E-state index >= 15 is 0 Å². The highest BCUT2D eigenvalue weighted by molar-refractivity contribution is 5.33. The average Bonchev–Trinajstić information content (AvgIpc) is 3.09. The van der Waals surface area contributed by atoms with Crippen LogP contribution in [-0.4, -0.2) is 22.4 Å². The average molecular weight is 429 g/mol. The Hall–Kier alpha value is -0.640. The van der Waals surface area contributed by atoms with Gasteiger partial charge in [0.25, 0.3) is 0 Å². The van der Waals surface area contributed by atoms with Crippen LogP contribution >= 0.6 is 0 Å². The summed E-state index contributed by atoms with van der Waals surface area (Å²) in [7, 11) is 0. The van der Waals surface area contributed by atoms with Gasteiger partial charge in [-0.05, 0) is 73.7 Å². The van der Waals surface area contributed by atoms with Gasteiger partial charge < -0.3 is 5.11 Å². The quantitative estimate of drug-likeness (QED) is 0.412. The number of hydrogen-bond donors (Lipinski definition) is 1. The summed E-state index contributed by atoms with van der Waals surface area (Å²) in [5.41, 5.74) is -0.366. The molecule has 1 N–H and O–H groups in total. The van der Waals surface area contributed by atoms with Crippen molar-refractivity contribution in [2.24, 2.45) is 46.3 Å². The minimum absolute atomic E-state index is 0.0663. The van der Waals surface area contributed by atoms with Crippen LogP contribution in [0.25, 0.3) is 0 Å². The Bertz CT molecular complexity index is 772. The molecule has 6 rings (SSSR count). The fourth-order valence-corrected chi connectivity index (χ4v) is 8.71. The lowest BCUT2D eigenvalue weighted by Gasteiger charge is -2.69. The maximum Gasteiger partial charge on any atom is 0.130 e. The second kappa shape index (κ2) is 7.18. The lowest BCUT2D eigenvalue weighted by molar-refractivity contribution is -0.497. The normalized spacial score (nSPS) is 52.8. The van der Waals surface area contributed by atoms with E-state index in [1.165, 1.54) is 25.7 Å². The first-order valence-corrected chi connectivity index (χ1v) is 13.0. The number of hydrogen-bond acceptors (Lipinski definition) is 3. The van der Waals surface area contributed by atoms with Gasteiger partial charge in [-0.3, -0.25) is 0 Å². The van der Waals surface area contributed by atoms with E-state index in [2.05, 4.69) is 65.8 Å². The monoisotopic (exact) mass is 428 g/mol. The number of fused-ring (bicyclic) bond motifs is 2. The zero-order valence-electron chi connectivity index (χ0n) is 20.6. The Labute approximate surface area is 189 Å². The zero-order chi connectivity index (χ0) is 22.2. The molecule has 1 saturated heterocycles. The maximum absolute atomic E-state index is 10.4. The van der Waals surface area contributed by atoms with Gasteiger partial charge in [-0.2, -0.15) is 0 Å². The van der Waals surface area contributed by atoms with Crippen LogP contribution in [0.3, 0.4) is 0 Å². The lowest BCUT2D eigenvalue weighted by atomic mass is 9.43. The molecule has 4 aliphatic carbocycles. The van der Waals surface area contributed by atoms with Crippen molar-refractivity contribution in [3.8, 4) is 0 Å². The molecule has 0 aromatic heterocycles. The van der Waals surface area contributed by atoms with E-state index in [9.17, 15) is 5.11 Å². The number of rotatable bonds is 4. The Morgan fingerprint density at radius 2 is 1.68 bits per heavy atom. The van der Waals surface area contributed by atoms with E-state index in [-0.39, 0.29) is 22.5 Å². The summed E-state index contributed by atoms with van der Waals surface area (Å²) in [6.07, 6.45) is 17.0. The third-order valence-electron chi connectivity index (χ3n) is 11.1. The molecule has 2 bridgehead atoms. The van der Waals surface area contributed by atoms with Crippen LogP contribution in [0, 0.1) is 46.3 Å². The number of aliphatic hydroxyl groups excluding tert-OH is 1. The van der Waals surface area contributed by atoms with Crippen LogP contribution < -0.4 is 0 Å². The first kappa shape index (κ1) is 22.2. The predicted molar refractivity (Wildman–Crippen MR) is 124 cm³/mol. The van der Waals surface area contributed by atoms with Crippen molar-refractivity contribution in [1.29, 1.82) is 0 Å². The summed E-state index contributed by atoms with van der Waals surface area (Å²) >= 11 is 0. The number of aliphatic hydroxyl groups is 1. The summed E-state index contributed by atoms with van der Waals surface area (Å²) in [6, 6.07) is 0. The molecule has 2 spiro atoms. The van der Waals surface area contributed by atoms with Crippen molar-refractivity contribution in [2.75, 3.05) is 0 Å². The molecule has 3 saturated carbocycles. The Kier molecular flexibility index (Phi) is 5.13. The van der Waals surface area contributed by atoms with E-state index in [0.29, 0.717) is 41.9 Å². The Balaban J connectivity index is 1.45. The molecule has 3 nitrogen and oxygen atoms in total. The zero-order valence-corrected chi connectivity index (χ0v) is 20.6. The van der Waals surface area contributed by atoms with Gasteiger partial charge in [0.05, 0.1) is 6.10 Å². The second-order valence-electron chi connectivity index (χ2n) is 12.7. The molecule has 0 unspecified atom stereocenters. The lowest BCUT2D eigenvalue weighted by Crippen LogP contribution is -2.73. The highest BCUT2D eigenvalue weighted by Gasteiger charge is 2.74. The van der Waals surface area contributed by atoms with Gasteiger partial charge in [0, 0.05) is 23.7 Å². The minimum Gasteiger partial charge on any atom is -0.393 e. The van der Waals surface area contributed by atoms with E-state index in [4.69, 9.17) is 9.78 Å². The molecule has 0 aromatic rings. The maximum atomic E-state index is 10.4. The summed E-state index contributed by atoms with van der Waals surface area (Å²) in [5.74, 6) is 3.64. The minimum atomic E-state index is -0.439. The fourth-order valence-electron chi connectivity index (χ4n) is 8.71. The fraction of sp³-hybridized carbons (Fsp3) is 0.857. The first-order valence-electron chi connectivity index (χ1n) is 13.0. The molecule has 6 aliphatic rings. The largest absolute Gasteiger partial charge is 0.393 e. The molecular weight excluding hydrogens is 384 g/mol. The summed E-state index contributed by atoms with van der Waals surface area (Å²) in [6.45, 7) is 14.4. The molecule has 3 heteroatoms. The van der Waals surface area contributed by atoms with Crippen LogP contribution in [-0.2, 0) is 9.78 Å². The van der Waals surface area contributed by atoms with Crippen molar-refractivity contribution in [1.82, 2.24) is 0 Å². The van der Waals surface area contributed by atoms with Crippen LogP contribution in [0.4, 0.5) is 0 Å². The van der Waals surface area contributed by atoms with E-state index in [1.54, 1.807) is 0 Å². The van der Waals surface area contributed by atoms with Gasteiger partial charge in [-0.1, -0.05) is 59.8 Å². The molecule has 174 valence electrons. The van der Waals surface area contributed by atoms with Crippen LogP contribution in [0.5, 0.6) is 0 Å². The molecule has 0 amide bonds. The highest BCUT2D eigenvalue weighted by Crippen LogP contribution is 2.72. The first-order chi connectivity index (χ1) is 14.6. The van der Waals surface area contributed by atoms with Gasteiger partial charge in [-0.15, -0.1) is 0 Å². The summed E-state index contributed by atoms with van der Waals surface area (Å²) in [4.78, 5) is 12.8. The molecule has 10 atom stereocenters. The van der Waals surface area contributed by atoms with E-state index < -0.39 is 5.60 Å². The smallest absolute Gasteiger partial charge is 0.130 e. The van der Waals surface area contributed by atoms with Crippen LogP contribution in [0.1, 0.15) is 86.5 Å². The third-order valence-corrected chi connectivity index (χ3v) is 11.1. The predicted octanol–water partition coefficient (Wildman–Crippen LogP) is 6.47. The van der Waals surface area contributed by atoms with Crippen molar-refractivity contribution in [3.63, 3.8) is 0 Å². The highest BCUT2D eigenvalue weighted by atomic mass is 17.2. The van der Waals surface area contributed by atoms with Gasteiger partial charge >= 0.3 is 0 Å². The summed E-state index contributed by atoms with van der Waals surface area (Å²) in [5, 5.41) is 10.4. The Morgan fingerprint density at radius 3 is 2.35 bits per heavy atom. The van der Waals surface area contributed by atoms with Crippen molar-refractivity contribution >= 4 is 0 Å². The third kappa shape index (κ3) is 2.88. The van der Waals surface area contributed by atoms with E-state index in [0.717, 1.165) is 12.8 Å². The second-order valence-corrected chi connectivity index (χ2v) is 12.7. The molecule has 0 aromatic carbocycles. The summed E-state index contributed by atoms with van der Waals surface area (Å²) < 4.78 is 0. The molecule has 0 radical (unpaired) electrons. The number of allylic oxidation sites excluding steroid dienone is 2. The van der Waals surface area contributed by atoms with Crippen molar-refractivity contribution < 1.29 is 14.9 Å². The van der Waals surface area contributed by atoms with Gasteiger partial charge in [0.15, 0.2) is 0 Å². The van der Waals surface area contributed by atoms with Crippen molar-refractivity contribution in [2.45, 2.75) is 104 Å². The standard InChI is InChI=1S/C28H44O3/c1-18(2)19(3)7-8-20(4)22-9-10-23-25(22,5)13-12-24-26(6)14-11-21(29)17-27(26)15-16-28(23,24)31-30-27/h7-8,15-16,18-24,29H,9-14,17H2,1-6H3/t19-,20+,21+,22+,23+,24+,25+,26+,27+,28-/m0/s1. The van der Waals surface area contributed by atoms with Crippen LogP contribution in [0.15, 0.2) is 24.3 Å². The van der Waals surface area contributed by atoms with Crippen LogP contribution in [0.2, 0.25) is 0 Å². The van der Waals surface area contributed by atoms with Gasteiger partial charge in [0.2, 0.25) is 0 Å². The van der Waals surface area contributed by atoms with E-state index in [1.807, 2.05) is 0 Å². The molecule has 2 aliphatic heterocycles. The molecule has 31 heavy (non-hydrogen) atoms. The molecule has 2 heterocycles. The Morgan fingerprint density at radius 1 is 0.903 bits per heavy atom. The van der Waals surface area contributed by atoms with Gasteiger partial charge in [-0.25, -0.2) is 9.78 Å². The van der Waals surface area contributed by atoms with Gasteiger partial charge in [0.1, 0.15) is 11.2 Å². The SMILES string of the molecule is CC(C)[C@@H](C)C=C[C@@H](C)[C@H]1CC[C@@H]2[C@]1(C)CC[C@H]1[C@]23C=C[C@]2(C[C@H](O)CC[C@]12C)OO3. The topological polar surface area (TPSA) is 38.7 Å². The molecule has 4 fully saturated rings. The van der Waals surface area contributed by atoms with Crippen molar-refractivity contribution in [3.05, 3.63) is 24.3 Å².